The quantitative estimate of drug-likeness (QED) is 0.839. The van der Waals surface area contributed by atoms with Crippen molar-refractivity contribution in [2.75, 3.05) is 24.9 Å². The Labute approximate surface area is 138 Å². The second kappa shape index (κ2) is 7.65. The number of ether oxygens (including phenoxy) is 2. The van der Waals surface area contributed by atoms with Crippen molar-refractivity contribution in [3.63, 3.8) is 0 Å². The molecule has 0 saturated carbocycles. The van der Waals surface area contributed by atoms with Gasteiger partial charge in [0, 0.05) is 6.07 Å². The molecule has 0 spiro atoms. The molecule has 0 unspecified atom stereocenters. The summed E-state index contributed by atoms with van der Waals surface area (Å²) in [5, 5.41) is 13.9. The summed E-state index contributed by atoms with van der Waals surface area (Å²) in [5.41, 5.74) is 0.820. The molecule has 0 saturated heterocycles. The van der Waals surface area contributed by atoms with E-state index in [2.05, 4.69) is 10.6 Å². The molecule has 0 atom stereocenters. The normalized spacial score (nSPS) is 9.54. The number of nitriles is 1. The highest BCUT2D eigenvalue weighted by atomic mass is 16.5. The highest BCUT2D eigenvalue weighted by Crippen LogP contribution is 2.28. The number of carbonyl (C=O) groups excluding carboxylic acids is 2. The highest BCUT2D eigenvalue weighted by molar-refractivity contribution is 6.43. The molecule has 0 radical (unpaired) electrons. The fourth-order valence-electron chi connectivity index (χ4n) is 1.96. The number of anilines is 2. The van der Waals surface area contributed by atoms with Crippen LogP contribution in [0.3, 0.4) is 0 Å². The second-order valence-corrected chi connectivity index (χ2v) is 4.63. The smallest absolute Gasteiger partial charge is 0.314 e. The van der Waals surface area contributed by atoms with Crippen molar-refractivity contribution >= 4 is 23.2 Å². The highest BCUT2D eigenvalue weighted by Gasteiger charge is 2.17. The summed E-state index contributed by atoms with van der Waals surface area (Å²) in [6.45, 7) is 0. The van der Waals surface area contributed by atoms with E-state index in [-0.39, 0.29) is 11.3 Å². The van der Waals surface area contributed by atoms with E-state index in [0.29, 0.717) is 17.2 Å². The molecule has 0 aliphatic carbocycles. The monoisotopic (exact) mass is 325 g/mol. The molecule has 0 bridgehead atoms. The third-order valence-electron chi connectivity index (χ3n) is 3.16. The van der Waals surface area contributed by atoms with E-state index in [1.165, 1.54) is 26.4 Å². The number of para-hydroxylation sites is 1. The van der Waals surface area contributed by atoms with Gasteiger partial charge in [0.05, 0.1) is 31.2 Å². The summed E-state index contributed by atoms with van der Waals surface area (Å²) in [6.07, 6.45) is 0. The third kappa shape index (κ3) is 3.81. The molecule has 0 aromatic heterocycles. The molecule has 0 heterocycles. The number of methoxy groups -OCH3 is 2. The number of hydrogen-bond donors (Lipinski definition) is 2. The second-order valence-electron chi connectivity index (χ2n) is 4.63. The minimum Gasteiger partial charge on any atom is -0.497 e. The van der Waals surface area contributed by atoms with E-state index in [4.69, 9.17) is 14.7 Å². The van der Waals surface area contributed by atoms with Gasteiger partial charge >= 0.3 is 11.8 Å². The molecule has 2 aromatic carbocycles. The Morgan fingerprint density at radius 2 is 1.62 bits per heavy atom. The van der Waals surface area contributed by atoms with Crippen molar-refractivity contribution in [3.8, 4) is 17.6 Å². The van der Waals surface area contributed by atoms with Crippen LogP contribution in [0.5, 0.6) is 11.5 Å². The third-order valence-corrected chi connectivity index (χ3v) is 3.16. The van der Waals surface area contributed by atoms with E-state index >= 15 is 0 Å². The summed E-state index contributed by atoms with van der Waals surface area (Å²) in [7, 11) is 2.93. The maximum atomic E-state index is 12.1. The number of benzene rings is 2. The minimum atomic E-state index is -0.900. The standard InChI is InChI=1S/C17H15N3O4/c1-23-12-7-8-15(24-2)14(9-12)20-17(22)16(21)19-13-6-4-3-5-11(13)10-18/h3-9H,1-2H3,(H,19,21)(H,20,22). The van der Waals surface area contributed by atoms with Crippen LogP contribution in [0.1, 0.15) is 5.56 Å². The lowest BCUT2D eigenvalue weighted by Crippen LogP contribution is -2.29. The maximum absolute atomic E-state index is 12.1. The zero-order valence-corrected chi connectivity index (χ0v) is 13.1. The molecule has 24 heavy (non-hydrogen) atoms. The zero-order chi connectivity index (χ0) is 17.5. The first-order valence-corrected chi connectivity index (χ1v) is 6.92. The van der Waals surface area contributed by atoms with Crippen LogP contribution in [0, 0.1) is 11.3 Å². The van der Waals surface area contributed by atoms with E-state index in [0.717, 1.165) is 0 Å². The topological polar surface area (TPSA) is 100 Å². The average Bonchev–Trinajstić information content (AvgIpc) is 2.61. The average molecular weight is 325 g/mol. The number of nitrogens with zero attached hydrogens (tertiary/aromatic N) is 1. The number of rotatable bonds is 4. The van der Waals surface area contributed by atoms with Crippen LogP contribution in [-0.4, -0.2) is 26.0 Å². The first-order chi connectivity index (χ1) is 11.6. The van der Waals surface area contributed by atoms with Gasteiger partial charge in [0.25, 0.3) is 0 Å². The van der Waals surface area contributed by atoms with Gasteiger partial charge in [-0.25, -0.2) is 0 Å². The molecule has 2 rings (SSSR count). The maximum Gasteiger partial charge on any atom is 0.314 e. The van der Waals surface area contributed by atoms with Gasteiger partial charge in [-0.05, 0) is 24.3 Å². The van der Waals surface area contributed by atoms with Crippen LogP contribution in [0.4, 0.5) is 11.4 Å². The molecule has 2 aromatic rings. The Morgan fingerprint density at radius 1 is 0.958 bits per heavy atom. The zero-order valence-electron chi connectivity index (χ0n) is 13.1. The molecule has 2 amide bonds. The Balaban J connectivity index is 2.15. The Kier molecular flexibility index (Phi) is 5.36. The molecule has 122 valence electrons. The number of amides is 2. The molecule has 0 aliphatic rings. The van der Waals surface area contributed by atoms with Gasteiger partial charge in [0.1, 0.15) is 17.6 Å². The number of nitrogens with one attached hydrogen (secondary N) is 2. The molecule has 0 fully saturated rings. The fourth-order valence-corrected chi connectivity index (χ4v) is 1.96. The number of carbonyl (C=O) groups is 2. The van der Waals surface area contributed by atoms with E-state index < -0.39 is 11.8 Å². The van der Waals surface area contributed by atoms with E-state index in [9.17, 15) is 9.59 Å². The van der Waals surface area contributed by atoms with Gasteiger partial charge in [0.2, 0.25) is 0 Å². The summed E-state index contributed by atoms with van der Waals surface area (Å²) in [5.74, 6) is -0.910. The van der Waals surface area contributed by atoms with E-state index in [1.807, 2.05) is 6.07 Å². The number of hydrogen-bond acceptors (Lipinski definition) is 5. The van der Waals surface area contributed by atoms with Crippen LogP contribution in [0.15, 0.2) is 42.5 Å². The predicted octanol–water partition coefficient (Wildman–Crippen LogP) is 2.15. The first kappa shape index (κ1) is 16.8. The lowest BCUT2D eigenvalue weighted by Gasteiger charge is -2.12. The van der Waals surface area contributed by atoms with Crippen molar-refractivity contribution < 1.29 is 19.1 Å². The molecular formula is C17H15N3O4. The van der Waals surface area contributed by atoms with Crippen molar-refractivity contribution in [2.24, 2.45) is 0 Å². The lowest BCUT2D eigenvalue weighted by molar-refractivity contribution is -0.133. The molecule has 2 N–H and O–H groups in total. The van der Waals surface area contributed by atoms with Crippen molar-refractivity contribution in [3.05, 3.63) is 48.0 Å². The van der Waals surface area contributed by atoms with Gasteiger partial charge in [-0.2, -0.15) is 5.26 Å². The van der Waals surface area contributed by atoms with Crippen LogP contribution < -0.4 is 20.1 Å². The van der Waals surface area contributed by atoms with Gasteiger partial charge in [-0.1, -0.05) is 12.1 Å². The van der Waals surface area contributed by atoms with Crippen LogP contribution >= 0.6 is 0 Å². The van der Waals surface area contributed by atoms with Crippen molar-refractivity contribution in [2.45, 2.75) is 0 Å². The van der Waals surface area contributed by atoms with Gasteiger partial charge < -0.3 is 20.1 Å². The molecule has 0 aliphatic heterocycles. The summed E-state index contributed by atoms with van der Waals surface area (Å²) in [6, 6.07) is 13.1. The molecular weight excluding hydrogens is 310 g/mol. The Hall–Kier alpha value is -3.53. The Bertz CT molecular complexity index is 812. The van der Waals surface area contributed by atoms with Crippen LogP contribution in [-0.2, 0) is 9.59 Å². The lowest BCUT2D eigenvalue weighted by atomic mass is 10.2. The van der Waals surface area contributed by atoms with E-state index in [1.54, 1.807) is 30.3 Å². The summed E-state index contributed by atoms with van der Waals surface area (Å²) < 4.78 is 10.2. The van der Waals surface area contributed by atoms with Gasteiger partial charge in [-0.3, -0.25) is 9.59 Å². The van der Waals surface area contributed by atoms with Crippen LogP contribution in [0.25, 0.3) is 0 Å². The van der Waals surface area contributed by atoms with Gasteiger partial charge in [0.15, 0.2) is 0 Å². The minimum absolute atomic E-state index is 0.262. The SMILES string of the molecule is COc1ccc(OC)c(NC(=O)C(=O)Nc2ccccc2C#N)c1. The largest absolute Gasteiger partial charge is 0.497 e. The molecule has 7 nitrogen and oxygen atoms in total. The fraction of sp³-hybridized carbons (Fsp3) is 0.118. The Morgan fingerprint density at radius 3 is 2.25 bits per heavy atom. The van der Waals surface area contributed by atoms with Crippen molar-refractivity contribution in [1.29, 1.82) is 5.26 Å². The summed E-state index contributed by atoms with van der Waals surface area (Å²) in [4.78, 5) is 24.1. The summed E-state index contributed by atoms with van der Waals surface area (Å²) >= 11 is 0. The van der Waals surface area contributed by atoms with Crippen molar-refractivity contribution in [1.82, 2.24) is 0 Å². The molecule has 7 heteroatoms. The predicted molar refractivity (Wildman–Crippen MR) is 88.0 cm³/mol. The van der Waals surface area contributed by atoms with Crippen LogP contribution in [0.2, 0.25) is 0 Å². The first-order valence-electron chi connectivity index (χ1n) is 6.92. The van der Waals surface area contributed by atoms with Gasteiger partial charge in [-0.15, -0.1) is 0 Å².